The van der Waals surface area contributed by atoms with Crippen molar-refractivity contribution in [2.75, 3.05) is 18.9 Å². The summed E-state index contributed by atoms with van der Waals surface area (Å²) in [7, 11) is 1.76. The van der Waals surface area contributed by atoms with Crippen LogP contribution in [-0.2, 0) is 0 Å². The molecule has 15 heavy (non-hydrogen) atoms. The molecule has 0 N–H and O–H groups in total. The van der Waals surface area contributed by atoms with E-state index in [0.29, 0.717) is 17.1 Å². The molecule has 1 aromatic rings. The Morgan fingerprint density at radius 3 is 2.73 bits per heavy atom. The van der Waals surface area contributed by atoms with E-state index in [1.165, 1.54) is 0 Å². The Morgan fingerprint density at radius 1 is 1.53 bits per heavy atom. The lowest BCUT2D eigenvalue weighted by molar-refractivity contribution is 0.0804. The second-order valence-electron chi connectivity index (χ2n) is 3.04. The van der Waals surface area contributed by atoms with Crippen LogP contribution in [0.4, 0.5) is 0 Å². The highest BCUT2D eigenvalue weighted by Gasteiger charge is 2.11. The maximum Gasteiger partial charge on any atom is 0.253 e. The second-order valence-corrected chi connectivity index (χ2v) is 5.10. The van der Waals surface area contributed by atoms with Crippen molar-refractivity contribution >= 4 is 49.4 Å². The molecule has 0 saturated heterocycles. The Balaban J connectivity index is 2.87. The summed E-state index contributed by atoms with van der Waals surface area (Å²) in [4.78, 5) is 13.5. The van der Waals surface area contributed by atoms with Gasteiger partial charge in [-0.3, -0.25) is 4.79 Å². The third kappa shape index (κ3) is 3.47. The monoisotopic (exact) mass is 353 g/mol. The van der Waals surface area contributed by atoms with Crippen LogP contribution in [0.25, 0.3) is 0 Å². The average molecular weight is 355 g/mol. The van der Waals surface area contributed by atoms with Crippen LogP contribution in [0, 0.1) is 0 Å². The maximum absolute atomic E-state index is 11.8. The summed E-state index contributed by atoms with van der Waals surface area (Å²) in [5.41, 5.74) is 0.603. The van der Waals surface area contributed by atoms with Crippen LogP contribution in [-0.4, -0.2) is 29.7 Å². The van der Waals surface area contributed by atoms with E-state index in [1.54, 1.807) is 30.1 Å². The molecule has 0 aliphatic heterocycles. The Morgan fingerprint density at radius 2 is 2.20 bits per heavy atom. The molecule has 0 fully saturated rings. The zero-order valence-electron chi connectivity index (χ0n) is 8.14. The number of hydrogen-bond donors (Lipinski definition) is 0. The van der Waals surface area contributed by atoms with Gasteiger partial charge >= 0.3 is 0 Å². The van der Waals surface area contributed by atoms with Crippen molar-refractivity contribution in [2.24, 2.45) is 0 Å². The highest BCUT2D eigenvalue weighted by molar-refractivity contribution is 9.10. The molecule has 0 saturated carbocycles. The summed E-state index contributed by atoms with van der Waals surface area (Å²) < 4.78 is 0.795. The van der Waals surface area contributed by atoms with E-state index in [0.717, 1.165) is 9.80 Å². The van der Waals surface area contributed by atoms with Crippen LogP contribution in [0.1, 0.15) is 10.4 Å². The minimum atomic E-state index is -0.0242. The molecule has 0 aliphatic carbocycles. The predicted octanol–water partition coefficient (Wildman–Crippen LogP) is 3.57. The smallest absolute Gasteiger partial charge is 0.253 e. The minimum absolute atomic E-state index is 0.0242. The lowest BCUT2D eigenvalue weighted by atomic mass is 10.2. The van der Waals surface area contributed by atoms with Crippen LogP contribution in [0.5, 0.6) is 0 Å². The molecule has 0 heterocycles. The summed E-state index contributed by atoms with van der Waals surface area (Å²) in [5.74, 6) is -0.0242. The molecule has 82 valence electrons. The summed E-state index contributed by atoms with van der Waals surface area (Å²) in [6, 6.07) is 5.19. The molecule has 5 heteroatoms. The van der Waals surface area contributed by atoms with Crippen molar-refractivity contribution in [3.63, 3.8) is 0 Å². The molecule has 0 aromatic heterocycles. The van der Waals surface area contributed by atoms with E-state index in [1.807, 2.05) is 0 Å². The lowest BCUT2D eigenvalue weighted by Gasteiger charge is -2.15. The van der Waals surface area contributed by atoms with Crippen LogP contribution in [0.15, 0.2) is 22.7 Å². The highest BCUT2D eigenvalue weighted by atomic mass is 79.9. The van der Waals surface area contributed by atoms with Crippen molar-refractivity contribution in [1.29, 1.82) is 0 Å². The quantitative estimate of drug-likeness (QED) is 0.759. The summed E-state index contributed by atoms with van der Waals surface area (Å²) in [6.45, 7) is 0.673. The standard InChI is InChI=1S/C10H10Br2ClNO/c1-14(5-4-11)10(15)7-2-3-8(12)9(13)6-7/h2-3,6H,4-5H2,1H3. The van der Waals surface area contributed by atoms with Crippen molar-refractivity contribution in [2.45, 2.75) is 0 Å². The fourth-order valence-corrected chi connectivity index (χ4v) is 2.04. The summed E-state index contributed by atoms with van der Waals surface area (Å²) in [5, 5.41) is 1.31. The molecular formula is C10H10Br2ClNO. The van der Waals surface area contributed by atoms with Crippen molar-refractivity contribution < 1.29 is 4.79 Å². The number of benzene rings is 1. The number of hydrogen-bond acceptors (Lipinski definition) is 1. The van der Waals surface area contributed by atoms with Gasteiger partial charge in [-0.05, 0) is 34.1 Å². The molecule has 1 amide bonds. The van der Waals surface area contributed by atoms with Gasteiger partial charge in [0.2, 0.25) is 0 Å². The van der Waals surface area contributed by atoms with E-state index in [2.05, 4.69) is 31.9 Å². The summed E-state index contributed by atoms with van der Waals surface area (Å²) >= 11 is 12.5. The summed E-state index contributed by atoms with van der Waals surface area (Å²) in [6.07, 6.45) is 0. The molecule has 1 rings (SSSR count). The van der Waals surface area contributed by atoms with Crippen molar-refractivity contribution in [3.8, 4) is 0 Å². The first-order chi connectivity index (χ1) is 7.06. The van der Waals surface area contributed by atoms with Gasteiger partial charge in [-0.15, -0.1) is 0 Å². The van der Waals surface area contributed by atoms with E-state index in [-0.39, 0.29) is 5.91 Å². The number of amides is 1. The Hall–Kier alpha value is -0.0600. The van der Waals surface area contributed by atoms with Crippen molar-refractivity contribution in [1.82, 2.24) is 4.90 Å². The first kappa shape index (κ1) is 13.0. The second kappa shape index (κ2) is 5.87. The van der Waals surface area contributed by atoms with E-state index < -0.39 is 0 Å². The van der Waals surface area contributed by atoms with Gasteiger partial charge in [0.05, 0.1) is 5.02 Å². The number of halogens is 3. The molecule has 0 unspecified atom stereocenters. The van der Waals surface area contributed by atoms with Crippen LogP contribution in [0.2, 0.25) is 5.02 Å². The third-order valence-electron chi connectivity index (χ3n) is 1.93. The van der Waals surface area contributed by atoms with Crippen LogP contribution < -0.4 is 0 Å². The largest absolute Gasteiger partial charge is 0.341 e. The topological polar surface area (TPSA) is 20.3 Å². The lowest BCUT2D eigenvalue weighted by Crippen LogP contribution is -2.28. The van der Waals surface area contributed by atoms with Crippen LogP contribution >= 0.6 is 43.5 Å². The minimum Gasteiger partial charge on any atom is -0.341 e. The number of alkyl halides is 1. The number of rotatable bonds is 3. The third-order valence-corrected chi connectivity index (χ3v) is 3.52. The number of carbonyl (C=O) groups is 1. The normalized spacial score (nSPS) is 10.1. The van der Waals surface area contributed by atoms with Gasteiger partial charge in [-0.25, -0.2) is 0 Å². The Bertz CT molecular complexity index is 370. The molecule has 0 atom stereocenters. The van der Waals surface area contributed by atoms with Gasteiger partial charge < -0.3 is 4.90 Å². The van der Waals surface area contributed by atoms with Gasteiger partial charge in [0.1, 0.15) is 0 Å². The molecular weight excluding hydrogens is 345 g/mol. The Kier molecular flexibility index (Phi) is 5.09. The van der Waals surface area contributed by atoms with E-state index in [4.69, 9.17) is 11.6 Å². The van der Waals surface area contributed by atoms with Gasteiger partial charge in [0.25, 0.3) is 5.91 Å². The molecule has 0 radical (unpaired) electrons. The molecule has 1 aromatic carbocycles. The Labute approximate surface area is 111 Å². The zero-order valence-corrected chi connectivity index (χ0v) is 12.1. The SMILES string of the molecule is CN(CCBr)C(=O)c1ccc(Br)c(Cl)c1. The van der Waals surface area contributed by atoms with Gasteiger partial charge in [-0.1, -0.05) is 27.5 Å². The van der Waals surface area contributed by atoms with Gasteiger partial charge in [0, 0.05) is 29.0 Å². The van der Waals surface area contributed by atoms with Crippen molar-refractivity contribution in [3.05, 3.63) is 33.3 Å². The average Bonchev–Trinajstić information content (AvgIpc) is 2.21. The van der Waals surface area contributed by atoms with Gasteiger partial charge in [0.15, 0.2) is 0 Å². The first-order valence-corrected chi connectivity index (χ1v) is 6.62. The molecule has 0 aliphatic rings. The predicted molar refractivity (Wildman–Crippen MR) is 69.9 cm³/mol. The van der Waals surface area contributed by atoms with Gasteiger partial charge in [-0.2, -0.15) is 0 Å². The molecule has 0 bridgehead atoms. The fourth-order valence-electron chi connectivity index (χ4n) is 1.08. The molecule has 0 spiro atoms. The fraction of sp³-hybridized carbons (Fsp3) is 0.300. The number of nitrogens with zero attached hydrogens (tertiary/aromatic N) is 1. The zero-order chi connectivity index (χ0) is 11.4. The van der Waals surface area contributed by atoms with E-state index >= 15 is 0 Å². The van der Waals surface area contributed by atoms with E-state index in [9.17, 15) is 4.79 Å². The number of carbonyl (C=O) groups excluding carboxylic acids is 1. The molecule has 2 nitrogen and oxygen atoms in total. The van der Waals surface area contributed by atoms with Crippen LogP contribution in [0.3, 0.4) is 0 Å². The first-order valence-electron chi connectivity index (χ1n) is 4.32. The highest BCUT2D eigenvalue weighted by Crippen LogP contribution is 2.23. The maximum atomic E-state index is 11.8.